The van der Waals surface area contributed by atoms with Crippen LogP contribution in [0.25, 0.3) is 21.5 Å². The van der Waals surface area contributed by atoms with Crippen LogP contribution in [0, 0.1) is 11.6 Å². The summed E-state index contributed by atoms with van der Waals surface area (Å²) in [5.41, 5.74) is 0.524. The predicted octanol–water partition coefficient (Wildman–Crippen LogP) is 6.26. The topological polar surface area (TPSA) is 104 Å². The van der Waals surface area contributed by atoms with E-state index in [9.17, 15) is 18.4 Å². The van der Waals surface area contributed by atoms with Gasteiger partial charge in [-0.25, -0.2) is 23.4 Å². The van der Waals surface area contributed by atoms with Crippen molar-refractivity contribution in [3.05, 3.63) is 58.9 Å². The van der Waals surface area contributed by atoms with Gasteiger partial charge in [-0.15, -0.1) is 0 Å². The van der Waals surface area contributed by atoms with Gasteiger partial charge < -0.3 is 23.6 Å². The maximum absolute atomic E-state index is 14.7. The molecule has 42 heavy (non-hydrogen) atoms. The first-order valence-corrected chi connectivity index (χ1v) is 14.7. The molecule has 12 heteroatoms. The maximum Gasteiger partial charge on any atom is 0.344 e. The molecule has 0 spiro atoms. The monoisotopic (exact) mass is 595 g/mol. The lowest BCUT2D eigenvalue weighted by molar-refractivity contribution is 0.0202. The summed E-state index contributed by atoms with van der Waals surface area (Å²) < 4.78 is 51.9. The smallest absolute Gasteiger partial charge is 0.344 e. The third-order valence-electron chi connectivity index (χ3n) is 8.36. The fourth-order valence-electron chi connectivity index (χ4n) is 6.26. The zero-order valence-corrected chi connectivity index (χ0v) is 23.7. The molecule has 0 unspecified atom stereocenters. The number of ether oxygens (including phenoxy) is 3. The second-order valence-electron chi connectivity index (χ2n) is 10.9. The number of halogens is 2. The molecule has 3 fully saturated rings. The molecule has 9 nitrogen and oxygen atoms in total. The van der Waals surface area contributed by atoms with E-state index < -0.39 is 29.1 Å². The molecule has 2 aromatic carbocycles. The molecule has 218 valence electrons. The number of piperidine rings is 1. The van der Waals surface area contributed by atoms with Gasteiger partial charge in [0, 0.05) is 36.9 Å². The predicted molar refractivity (Wildman–Crippen MR) is 149 cm³/mol. The van der Waals surface area contributed by atoms with E-state index in [0.29, 0.717) is 29.9 Å². The van der Waals surface area contributed by atoms with E-state index in [-0.39, 0.29) is 35.4 Å². The Bertz CT molecular complexity index is 1680. The van der Waals surface area contributed by atoms with E-state index in [1.54, 1.807) is 12.1 Å². The number of thiazole rings is 1. The molecule has 0 radical (unpaired) electrons. The number of hydrogen-bond acceptors (Lipinski definition) is 10. The molecule has 7 rings (SSSR count). The number of aromatic nitrogens is 2. The normalized spacial score (nSPS) is 21.5. The molecule has 0 amide bonds. The molecule has 0 N–H and O–H groups in total. The van der Waals surface area contributed by atoms with Gasteiger partial charge >= 0.3 is 11.9 Å². The number of carbonyl (C=O) groups excluding carboxylic acids is 2. The molecule has 2 aliphatic heterocycles. The average molecular weight is 596 g/mol. The molecular weight excluding hydrogens is 568 g/mol. The Morgan fingerprint density at radius 1 is 1.02 bits per heavy atom. The summed E-state index contributed by atoms with van der Waals surface area (Å²) in [6.07, 6.45) is 4.24. The lowest BCUT2D eigenvalue weighted by Crippen LogP contribution is -2.46. The van der Waals surface area contributed by atoms with Gasteiger partial charge in [0.1, 0.15) is 40.3 Å². The summed E-state index contributed by atoms with van der Waals surface area (Å²) >= 11 is 1.49. The number of benzene rings is 2. The molecule has 2 aromatic heterocycles. The van der Waals surface area contributed by atoms with Gasteiger partial charge in [0.15, 0.2) is 10.9 Å². The van der Waals surface area contributed by atoms with Gasteiger partial charge in [0.05, 0.1) is 30.0 Å². The van der Waals surface area contributed by atoms with Crippen molar-refractivity contribution in [1.82, 2.24) is 10.1 Å². The molecule has 2 bridgehead atoms. The van der Waals surface area contributed by atoms with Crippen molar-refractivity contribution in [3.8, 4) is 17.0 Å². The van der Waals surface area contributed by atoms with E-state index in [1.165, 1.54) is 31.6 Å². The fourth-order valence-corrected chi connectivity index (χ4v) is 7.39. The Kier molecular flexibility index (Phi) is 6.60. The van der Waals surface area contributed by atoms with Gasteiger partial charge in [-0.2, -0.15) is 0 Å². The highest BCUT2D eigenvalue weighted by molar-refractivity contribution is 7.22. The lowest BCUT2D eigenvalue weighted by atomic mass is 9.99. The van der Waals surface area contributed by atoms with Crippen molar-refractivity contribution in [2.45, 2.75) is 62.6 Å². The van der Waals surface area contributed by atoms with Crippen molar-refractivity contribution in [3.63, 3.8) is 0 Å². The first-order chi connectivity index (χ1) is 20.4. The molecule has 1 aliphatic carbocycles. The summed E-state index contributed by atoms with van der Waals surface area (Å²) in [7, 11) is 2.82. The number of fused-ring (bicyclic) bond motifs is 3. The van der Waals surface area contributed by atoms with Gasteiger partial charge in [0.25, 0.3) is 0 Å². The summed E-state index contributed by atoms with van der Waals surface area (Å²) in [5, 5.41) is 4.76. The van der Waals surface area contributed by atoms with Crippen molar-refractivity contribution >= 4 is 38.6 Å². The van der Waals surface area contributed by atoms with Crippen molar-refractivity contribution < 1.29 is 37.1 Å². The van der Waals surface area contributed by atoms with Crippen LogP contribution in [-0.2, 0) is 9.47 Å². The van der Waals surface area contributed by atoms with E-state index in [2.05, 4.69) is 10.1 Å². The van der Waals surface area contributed by atoms with Gasteiger partial charge in [-0.1, -0.05) is 22.6 Å². The first-order valence-electron chi connectivity index (χ1n) is 13.9. The highest BCUT2D eigenvalue weighted by Gasteiger charge is 2.45. The number of esters is 2. The third kappa shape index (κ3) is 4.48. The number of methoxy groups -OCH3 is 2. The molecular formula is C30H27F2N3O6S. The highest BCUT2D eigenvalue weighted by Crippen LogP contribution is 2.46. The van der Waals surface area contributed by atoms with Gasteiger partial charge in [-0.05, 0) is 43.9 Å². The number of nitrogens with zero attached hydrogens (tertiary/aromatic N) is 3. The Morgan fingerprint density at radius 2 is 1.74 bits per heavy atom. The standard InChI is InChI=1S/C30H27F2N3O6S/c1-38-22-13-21-23(12-18(22)28(36)39-2)42-30(33-21)35-15-8-9-16(35)11-17(10-15)40-29(37)25-26(34-41-27(25)14-6-7-14)24-19(31)4-3-5-20(24)32/h3-5,12-17H,6-11H2,1-2H3/t15-,16+,17+. The second kappa shape index (κ2) is 10.3. The zero-order chi connectivity index (χ0) is 29.1. The lowest BCUT2D eigenvalue weighted by Gasteiger charge is -2.38. The summed E-state index contributed by atoms with van der Waals surface area (Å²) in [4.78, 5) is 33.0. The van der Waals surface area contributed by atoms with Crippen LogP contribution in [0.2, 0.25) is 0 Å². The molecule has 1 saturated carbocycles. The molecule has 3 atom stereocenters. The summed E-state index contributed by atoms with van der Waals surface area (Å²) in [6, 6.07) is 7.18. The van der Waals surface area contributed by atoms with Crippen LogP contribution in [0.3, 0.4) is 0 Å². The van der Waals surface area contributed by atoms with Crippen LogP contribution < -0.4 is 9.64 Å². The molecule has 3 aliphatic rings. The Labute approximate surface area is 243 Å². The Morgan fingerprint density at radius 3 is 2.38 bits per heavy atom. The Balaban J connectivity index is 1.13. The minimum atomic E-state index is -0.821. The first kappa shape index (κ1) is 26.8. The van der Waals surface area contributed by atoms with Crippen LogP contribution >= 0.6 is 11.3 Å². The van der Waals surface area contributed by atoms with Crippen LogP contribution in [0.4, 0.5) is 13.9 Å². The van der Waals surface area contributed by atoms with Crippen LogP contribution in [0.5, 0.6) is 5.75 Å². The SMILES string of the molecule is COC(=O)c1cc2sc(N3[C@@H]4CC[C@H]3C[C@@H](OC(=O)c3c(-c5c(F)cccc5F)noc3C3CC3)C4)nc2cc1OC. The van der Waals surface area contributed by atoms with Crippen molar-refractivity contribution in [2.75, 3.05) is 19.1 Å². The largest absolute Gasteiger partial charge is 0.496 e. The number of carbonyl (C=O) groups is 2. The van der Waals surface area contributed by atoms with E-state index >= 15 is 0 Å². The highest BCUT2D eigenvalue weighted by atomic mass is 32.1. The number of hydrogen-bond donors (Lipinski definition) is 0. The van der Waals surface area contributed by atoms with Gasteiger partial charge in [-0.3, -0.25) is 0 Å². The fraction of sp³-hybridized carbons (Fsp3) is 0.400. The zero-order valence-electron chi connectivity index (χ0n) is 22.9. The van der Waals surface area contributed by atoms with E-state index in [0.717, 1.165) is 53.2 Å². The quantitative estimate of drug-likeness (QED) is 0.229. The maximum atomic E-state index is 14.7. The van der Waals surface area contributed by atoms with Gasteiger partial charge in [0.2, 0.25) is 0 Å². The summed E-state index contributed by atoms with van der Waals surface area (Å²) in [6.45, 7) is 0. The van der Waals surface area contributed by atoms with Crippen LogP contribution in [0.1, 0.15) is 70.9 Å². The van der Waals surface area contributed by atoms with Crippen LogP contribution in [0.15, 0.2) is 34.9 Å². The minimum absolute atomic E-state index is 0.0119. The number of anilines is 1. The summed E-state index contributed by atoms with van der Waals surface area (Å²) in [5.74, 6) is -2.08. The van der Waals surface area contributed by atoms with E-state index in [4.69, 9.17) is 23.7 Å². The molecule has 4 heterocycles. The molecule has 4 aromatic rings. The molecule has 2 saturated heterocycles. The minimum Gasteiger partial charge on any atom is -0.496 e. The second-order valence-corrected chi connectivity index (χ2v) is 11.9. The van der Waals surface area contributed by atoms with Crippen molar-refractivity contribution in [2.24, 2.45) is 0 Å². The average Bonchev–Trinajstić information content (AvgIpc) is 3.50. The third-order valence-corrected chi connectivity index (χ3v) is 9.39. The van der Waals surface area contributed by atoms with Crippen molar-refractivity contribution in [1.29, 1.82) is 0 Å². The number of rotatable bonds is 7. The Hall–Kier alpha value is -4.06. The van der Waals surface area contributed by atoms with E-state index in [1.807, 2.05) is 0 Å². The van der Waals surface area contributed by atoms with Crippen LogP contribution in [-0.4, -0.2) is 54.5 Å².